The Morgan fingerprint density at radius 3 is 2.91 bits per heavy atom. The van der Waals surface area contributed by atoms with Crippen LogP contribution in [0.4, 0.5) is 0 Å². The van der Waals surface area contributed by atoms with E-state index in [2.05, 4.69) is 5.32 Å². The van der Waals surface area contributed by atoms with E-state index < -0.39 is 11.9 Å². The first-order chi connectivity index (χ1) is 10.6. The number of nitrogens with zero attached hydrogens (tertiary/aromatic N) is 1. The Morgan fingerprint density at radius 1 is 1.41 bits per heavy atom. The number of rotatable bonds is 5. The van der Waals surface area contributed by atoms with Gasteiger partial charge in [-0.2, -0.15) is 0 Å². The number of ether oxygens (including phenoxy) is 1. The number of carbonyl (C=O) groups excluding carboxylic acids is 1. The summed E-state index contributed by atoms with van der Waals surface area (Å²) >= 11 is 0. The quantitative estimate of drug-likeness (QED) is 0.835. The van der Waals surface area contributed by atoms with Gasteiger partial charge in [-0.3, -0.25) is 14.5 Å². The minimum absolute atomic E-state index is 0.103. The average molecular weight is 306 g/mol. The molecule has 1 unspecified atom stereocenters. The maximum absolute atomic E-state index is 12.0. The molecule has 1 fully saturated rings. The van der Waals surface area contributed by atoms with Gasteiger partial charge in [-0.05, 0) is 18.1 Å². The van der Waals surface area contributed by atoms with Crippen molar-refractivity contribution < 1.29 is 19.4 Å². The number of hydrogen-bond donors (Lipinski definition) is 2. The van der Waals surface area contributed by atoms with Gasteiger partial charge in [0.25, 0.3) is 0 Å². The predicted molar refractivity (Wildman–Crippen MR) is 81.4 cm³/mol. The van der Waals surface area contributed by atoms with Gasteiger partial charge in [-0.15, -0.1) is 0 Å². The van der Waals surface area contributed by atoms with Crippen molar-refractivity contribution in [3.8, 4) is 0 Å². The second kappa shape index (κ2) is 7.91. The molecular weight excluding hydrogens is 284 g/mol. The largest absolute Gasteiger partial charge is 0.481 e. The average Bonchev–Trinajstić information content (AvgIpc) is 2.72. The molecule has 1 aromatic rings. The molecule has 120 valence electrons. The Hall–Kier alpha value is -1.92. The molecule has 0 aromatic heterocycles. The summed E-state index contributed by atoms with van der Waals surface area (Å²) in [5.74, 6) is -1.56. The normalized spacial score (nSPS) is 19.4. The van der Waals surface area contributed by atoms with Gasteiger partial charge in [-0.1, -0.05) is 24.3 Å². The first-order valence-electron chi connectivity index (χ1n) is 7.40. The highest BCUT2D eigenvalue weighted by molar-refractivity contribution is 5.78. The minimum atomic E-state index is -0.882. The molecule has 22 heavy (non-hydrogen) atoms. The Bertz CT molecular complexity index is 533. The molecule has 6 nitrogen and oxygen atoms in total. The Kier molecular flexibility index (Phi) is 5.91. The highest BCUT2D eigenvalue weighted by Crippen LogP contribution is 2.08. The van der Waals surface area contributed by atoms with Crippen LogP contribution in [0.1, 0.15) is 11.1 Å². The lowest BCUT2D eigenvalue weighted by molar-refractivity contribution is -0.144. The molecule has 1 aliphatic heterocycles. The lowest BCUT2D eigenvalue weighted by Gasteiger charge is -2.20. The topological polar surface area (TPSA) is 78.9 Å². The maximum atomic E-state index is 12.0. The van der Waals surface area contributed by atoms with Crippen molar-refractivity contribution in [2.75, 3.05) is 32.8 Å². The SMILES string of the molecule is Cc1ccccc1CNC(=O)CN1CCOCC(C(=O)O)C1. The number of carboxylic acid groups (broad SMARTS) is 1. The first kappa shape index (κ1) is 16.5. The zero-order valence-corrected chi connectivity index (χ0v) is 12.7. The van der Waals surface area contributed by atoms with Crippen molar-refractivity contribution in [1.82, 2.24) is 10.2 Å². The van der Waals surface area contributed by atoms with Crippen molar-refractivity contribution in [2.45, 2.75) is 13.5 Å². The third-order valence-corrected chi connectivity index (χ3v) is 3.80. The fourth-order valence-corrected chi connectivity index (χ4v) is 2.43. The van der Waals surface area contributed by atoms with Gasteiger partial charge in [0.2, 0.25) is 5.91 Å². The van der Waals surface area contributed by atoms with E-state index in [1.54, 1.807) is 0 Å². The summed E-state index contributed by atoms with van der Waals surface area (Å²) < 4.78 is 5.27. The zero-order valence-electron chi connectivity index (χ0n) is 12.7. The summed E-state index contributed by atoms with van der Waals surface area (Å²) in [5, 5.41) is 12.0. The number of hydrogen-bond acceptors (Lipinski definition) is 4. The third-order valence-electron chi connectivity index (χ3n) is 3.80. The monoisotopic (exact) mass is 306 g/mol. The number of carbonyl (C=O) groups is 2. The van der Waals surface area contributed by atoms with E-state index in [4.69, 9.17) is 9.84 Å². The van der Waals surface area contributed by atoms with Gasteiger partial charge >= 0.3 is 5.97 Å². The Morgan fingerprint density at radius 2 is 2.18 bits per heavy atom. The second-order valence-corrected chi connectivity index (χ2v) is 5.55. The van der Waals surface area contributed by atoms with Crippen molar-refractivity contribution in [2.24, 2.45) is 5.92 Å². The molecule has 0 spiro atoms. The van der Waals surface area contributed by atoms with Crippen LogP contribution in [-0.2, 0) is 20.9 Å². The van der Waals surface area contributed by atoms with Gasteiger partial charge < -0.3 is 15.2 Å². The molecule has 2 N–H and O–H groups in total. The lowest BCUT2D eigenvalue weighted by atomic mass is 10.1. The summed E-state index contributed by atoms with van der Waals surface area (Å²) in [7, 11) is 0. The summed E-state index contributed by atoms with van der Waals surface area (Å²) in [6.45, 7) is 4.25. The van der Waals surface area contributed by atoms with E-state index in [1.165, 1.54) is 0 Å². The van der Waals surface area contributed by atoms with Gasteiger partial charge in [0.05, 0.1) is 25.7 Å². The van der Waals surface area contributed by atoms with Crippen LogP contribution >= 0.6 is 0 Å². The highest BCUT2D eigenvalue weighted by Gasteiger charge is 2.25. The van der Waals surface area contributed by atoms with Crippen LogP contribution in [0.25, 0.3) is 0 Å². The standard InChI is InChI=1S/C16H22N2O4/c1-12-4-2-3-5-13(12)8-17-15(19)10-18-6-7-22-11-14(9-18)16(20)21/h2-5,14H,6-11H2,1H3,(H,17,19)(H,20,21). The van der Waals surface area contributed by atoms with E-state index in [0.717, 1.165) is 11.1 Å². The predicted octanol–water partition coefficient (Wildman–Crippen LogP) is 0.644. The third kappa shape index (κ3) is 4.82. The number of benzene rings is 1. The van der Waals surface area contributed by atoms with Crippen LogP contribution in [-0.4, -0.2) is 54.7 Å². The smallest absolute Gasteiger partial charge is 0.310 e. The van der Waals surface area contributed by atoms with Crippen molar-refractivity contribution in [3.05, 3.63) is 35.4 Å². The van der Waals surface area contributed by atoms with Gasteiger partial charge in [0.1, 0.15) is 0 Å². The molecule has 1 aliphatic rings. The molecule has 0 radical (unpaired) electrons. The lowest BCUT2D eigenvalue weighted by Crippen LogP contribution is -2.41. The number of aliphatic carboxylic acids is 1. The summed E-state index contributed by atoms with van der Waals surface area (Å²) in [6, 6.07) is 7.89. The molecular formula is C16H22N2O4. The van der Waals surface area contributed by atoms with Crippen molar-refractivity contribution in [3.63, 3.8) is 0 Å². The maximum Gasteiger partial charge on any atom is 0.310 e. The first-order valence-corrected chi connectivity index (χ1v) is 7.40. The molecule has 0 aliphatic carbocycles. The molecule has 1 amide bonds. The second-order valence-electron chi connectivity index (χ2n) is 5.55. The van der Waals surface area contributed by atoms with E-state index in [1.807, 2.05) is 36.1 Å². The van der Waals surface area contributed by atoms with Crippen LogP contribution in [0.3, 0.4) is 0 Å². The van der Waals surface area contributed by atoms with E-state index in [0.29, 0.717) is 26.2 Å². The van der Waals surface area contributed by atoms with Gasteiger partial charge in [0.15, 0.2) is 0 Å². The molecule has 1 saturated heterocycles. The van der Waals surface area contributed by atoms with Gasteiger partial charge in [0, 0.05) is 19.6 Å². The van der Waals surface area contributed by atoms with E-state index >= 15 is 0 Å². The van der Waals surface area contributed by atoms with E-state index in [-0.39, 0.29) is 19.1 Å². The zero-order chi connectivity index (χ0) is 15.9. The Labute approximate surface area is 130 Å². The Balaban J connectivity index is 1.83. The summed E-state index contributed by atoms with van der Waals surface area (Å²) in [4.78, 5) is 25.0. The summed E-state index contributed by atoms with van der Waals surface area (Å²) in [5.41, 5.74) is 2.22. The van der Waals surface area contributed by atoms with Crippen LogP contribution in [0.5, 0.6) is 0 Å². The molecule has 2 rings (SSSR count). The van der Waals surface area contributed by atoms with Crippen LogP contribution in [0, 0.1) is 12.8 Å². The molecule has 0 bridgehead atoms. The number of nitrogens with one attached hydrogen (secondary N) is 1. The number of carboxylic acids is 1. The molecule has 1 heterocycles. The van der Waals surface area contributed by atoms with Gasteiger partial charge in [-0.25, -0.2) is 0 Å². The van der Waals surface area contributed by atoms with Crippen molar-refractivity contribution >= 4 is 11.9 Å². The van der Waals surface area contributed by atoms with Crippen LogP contribution in [0.15, 0.2) is 24.3 Å². The fraction of sp³-hybridized carbons (Fsp3) is 0.500. The molecule has 0 saturated carbocycles. The van der Waals surface area contributed by atoms with Crippen molar-refractivity contribution in [1.29, 1.82) is 0 Å². The number of amides is 1. The highest BCUT2D eigenvalue weighted by atomic mass is 16.5. The number of aryl methyl sites for hydroxylation is 1. The minimum Gasteiger partial charge on any atom is -0.481 e. The fourth-order valence-electron chi connectivity index (χ4n) is 2.43. The van der Waals surface area contributed by atoms with E-state index in [9.17, 15) is 9.59 Å². The van der Waals surface area contributed by atoms with Crippen LogP contribution in [0.2, 0.25) is 0 Å². The molecule has 6 heteroatoms. The van der Waals surface area contributed by atoms with Crippen LogP contribution < -0.4 is 5.32 Å². The molecule has 1 atom stereocenters. The molecule has 1 aromatic carbocycles. The summed E-state index contributed by atoms with van der Waals surface area (Å²) in [6.07, 6.45) is 0.